The predicted octanol–water partition coefficient (Wildman–Crippen LogP) is 3.14. The first kappa shape index (κ1) is 11.4. The van der Waals surface area contributed by atoms with Crippen molar-refractivity contribution in [3.05, 3.63) is 46.7 Å². The number of rotatable bonds is 2. The minimum absolute atomic E-state index is 0.461. The molecular formula is C14H15N3S. The summed E-state index contributed by atoms with van der Waals surface area (Å²) in [7, 11) is 0. The quantitative estimate of drug-likeness (QED) is 0.766. The second kappa shape index (κ2) is 4.23. The summed E-state index contributed by atoms with van der Waals surface area (Å²) in [5, 5.41) is 2.17. The van der Waals surface area contributed by atoms with Crippen molar-refractivity contribution in [3.63, 3.8) is 0 Å². The highest BCUT2D eigenvalue weighted by Gasteiger charge is 2.12. The van der Waals surface area contributed by atoms with Crippen LogP contribution >= 0.6 is 11.3 Å². The zero-order valence-electron chi connectivity index (χ0n) is 10.5. The Morgan fingerprint density at radius 1 is 1.33 bits per heavy atom. The highest BCUT2D eigenvalue weighted by atomic mass is 32.1. The minimum atomic E-state index is 0.461. The number of benzene rings is 1. The van der Waals surface area contributed by atoms with E-state index in [1.54, 1.807) is 11.3 Å². The van der Waals surface area contributed by atoms with E-state index in [1.807, 2.05) is 6.20 Å². The molecule has 0 bridgehead atoms. The van der Waals surface area contributed by atoms with E-state index in [1.165, 1.54) is 22.4 Å². The molecule has 18 heavy (non-hydrogen) atoms. The zero-order valence-corrected chi connectivity index (χ0v) is 11.3. The standard InChI is InChI=1S/C14H15N3S/c1-9-3-4-11(10(2)5-9)12-8-18-14-7-16-13(6-15)17(12)14/h3-5,7-8H,6,15H2,1-2H3. The number of hydrogen-bond donors (Lipinski definition) is 1. The Morgan fingerprint density at radius 2 is 2.17 bits per heavy atom. The number of fused-ring (bicyclic) bond motifs is 1. The first-order valence-corrected chi connectivity index (χ1v) is 6.80. The molecule has 3 nitrogen and oxygen atoms in total. The molecular weight excluding hydrogens is 242 g/mol. The van der Waals surface area contributed by atoms with Gasteiger partial charge in [-0.05, 0) is 19.4 Å². The fraction of sp³-hybridized carbons (Fsp3) is 0.214. The zero-order chi connectivity index (χ0) is 12.7. The van der Waals surface area contributed by atoms with Crippen molar-refractivity contribution in [1.29, 1.82) is 0 Å². The summed E-state index contributed by atoms with van der Waals surface area (Å²) in [4.78, 5) is 5.50. The van der Waals surface area contributed by atoms with Gasteiger partial charge in [0.2, 0.25) is 0 Å². The molecule has 2 aromatic heterocycles. The van der Waals surface area contributed by atoms with Gasteiger partial charge in [-0.3, -0.25) is 4.40 Å². The Bertz CT molecular complexity index is 709. The van der Waals surface area contributed by atoms with Gasteiger partial charge in [0.15, 0.2) is 0 Å². The van der Waals surface area contributed by atoms with Gasteiger partial charge in [-0.15, -0.1) is 11.3 Å². The maximum Gasteiger partial charge on any atom is 0.128 e. The van der Waals surface area contributed by atoms with E-state index in [2.05, 4.69) is 46.8 Å². The number of imidazole rings is 1. The molecule has 4 heteroatoms. The van der Waals surface area contributed by atoms with E-state index >= 15 is 0 Å². The van der Waals surface area contributed by atoms with Crippen LogP contribution in [-0.2, 0) is 6.54 Å². The van der Waals surface area contributed by atoms with Crippen molar-refractivity contribution in [1.82, 2.24) is 9.38 Å². The monoisotopic (exact) mass is 257 g/mol. The lowest BCUT2D eigenvalue weighted by Gasteiger charge is -2.07. The van der Waals surface area contributed by atoms with Crippen molar-refractivity contribution in [2.75, 3.05) is 0 Å². The van der Waals surface area contributed by atoms with Crippen molar-refractivity contribution in [3.8, 4) is 11.3 Å². The first-order chi connectivity index (χ1) is 8.70. The third-order valence-electron chi connectivity index (χ3n) is 3.18. The molecule has 0 aliphatic heterocycles. The molecule has 3 aromatic rings. The second-order valence-corrected chi connectivity index (χ2v) is 5.38. The lowest BCUT2D eigenvalue weighted by Crippen LogP contribution is -2.03. The third-order valence-corrected chi connectivity index (χ3v) is 4.05. The van der Waals surface area contributed by atoms with Crippen molar-refractivity contribution in [2.45, 2.75) is 20.4 Å². The number of hydrogen-bond acceptors (Lipinski definition) is 3. The van der Waals surface area contributed by atoms with Gasteiger partial charge in [0.25, 0.3) is 0 Å². The van der Waals surface area contributed by atoms with E-state index in [-0.39, 0.29) is 0 Å². The number of nitrogens with two attached hydrogens (primary N) is 1. The van der Waals surface area contributed by atoms with Crippen LogP contribution in [0.5, 0.6) is 0 Å². The number of aryl methyl sites for hydroxylation is 2. The van der Waals surface area contributed by atoms with E-state index in [9.17, 15) is 0 Å². The highest BCUT2D eigenvalue weighted by molar-refractivity contribution is 7.15. The molecule has 92 valence electrons. The molecule has 2 heterocycles. The maximum atomic E-state index is 5.75. The molecule has 0 saturated heterocycles. The topological polar surface area (TPSA) is 43.3 Å². The van der Waals surface area contributed by atoms with Gasteiger partial charge in [0, 0.05) is 10.9 Å². The van der Waals surface area contributed by atoms with Crippen LogP contribution in [0.15, 0.2) is 29.8 Å². The molecule has 0 aliphatic rings. The summed E-state index contributed by atoms with van der Waals surface area (Å²) >= 11 is 1.70. The largest absolute Gasteiger partial charge is 0.324 e. The van der Waals surface area contributed by atoms with Gasteiger partial charge in [0.1, 0.15) is 10.7 Å². The van der Waals surface area contributed by atoms with E-state index < -0.39 is 0 Å². The lowest BCUT2D eigenvalue weighted by molar-refractivity contribution is 0.911. The SMILES string of the molecule is Cc1ccc(-c2csc3cnc(CN)n23)c(C)c1. The molecule has 0 aliphatic carbocycles. The predicted molar refractivity (Wildman–Crippen MR) is 75.9 cm³/mol. The van der Waals surface area contributed by atoms with Crippen molar-refractivity contribution >= 4 is 16.2 Å². The smallest absolute Gasteiger partial charge is 0.128 e. The lowest BCUT2D eigenvalue weighted by atomic mass is 10.0. The summed E-state index contributed by atoms with van der Waals surface area (Å²) in [5.41, 5.74) is 10.8. The fourth-order valence-corrected chi connectivity index (χ4v) is 3.20. The van der Waals surface area contributed by atoms with Crippen LogP contribution in [0.25, 0.3) is 16.1 Å². The van der Waals surface area contributed by atoms with Crippen LogP contribution in [-0.4, -0.2) is 9.38 Å². The van der Waals surface area contributed by atoms with Gasteiger partial charge >= 0.3 is 0 Å². The molecule has 2 N–H and O–H groups in total. The minimum Gasteiger partial charge on any atom is -0.324 e. The normalized spacial score (nSPS) is 11.3. The molecule has 0 fully saturated rings. The average Bonchev–Trinajstić information content (AvgIpc) is 2.90. The van der Waals surface area contributed by atoms with Crippen LogP contribution in [0, 0.1) is 13.8 Å². The van der Waals surface area contributed by atoms with Gasteiger partial charge in [-0.25, -0.2) is 4.98 Å². The Labute approximate surface area is 110 Å². The number of aromatic nitrogens is 2. The summed E-state index contributed by atoms with van der Waals surface area (Å²) in [6, 6.07) is 6.52. The van der Waals surface area contributed by atoms with E-state index in [4.69, 9.17) is 5.73 Å². The number of nitrogens with zero attached hydrogens (tertiary/aromatic N) is 2. The molecule has 1 aromatic carbocycles. The Hall–Kier alpha value is -1.65. The Balaban J connectivity index is 2.27. The summed E-state index contributed by atoms with van der Waals surface area (Å²) in [6.07, 6.45) is 1.89. The summed E-state index contributed by atoms with van der Waals surface area (Å²) < 4.78 is 2.16. The van der Waals surface area contributed by atoms with E-state index in [0.717, 1.165) is 10.7 Å². The number of thiazole rings is 1. The molecule has 0 saturated carbocycles. The summed E-state index contributed by atoms with van der Waals surface area (Å²) in [5.74, 6) is 0.918. The molecule has 0 radical (unpaired) electrons. The second-order valence-electron chi connectivity index (χ2n) is 4.49. The van der Waals surface area contributed by atoms with Crippen LogP contribution in [0.2, 0.25) is 0 Å². The third kappa shape index (κ3) is 1.65. The molecule has 3 rings (SSSR count). The highest BCUT2D eigenvalue weighted by Crippen LogP contribution is 2.30. The Kier molecular flexibility index (Phi) is 2.69. The van der Waals surface area contributed by atoms with Crippen molar-refractivity contribution in [2.24, 2.45) is 5.73 Å². The van der Waals surface area contributed by atoms with Gasteiger partial charge in [-0.2, -0.15) is 0 Å². The van der Waals surface area contributed by atoms with Crippen molar-refractivity contribution < 1.29 is 0 Å². The van der Waals surface area contributed by atoms with Crippen LogP contribution in [0.3, 0.4) is 0 Å². The molecule has 0 atom stereocenters. The first-order valence-electron chi connectivity index (χ1n) is 5.92. The summed E-state index contributed by atoms with van der Waals surface area (Å²) in [6.45, 7) is 4.72. The van der Waals surface area contributed by atoms with Gasteiger partial charge in [0.05, 0.1) is 18.4 Å². The molecule has 0 unspecified atom stereocenters. The maximum absolute atomic E-state index is 5.75. The van der Waals surface area contributed by atoms with Crippen LogP contribution in [0.4, 0.5) is 0 Å². The van der Waals surface area contributed by atoms with E-state index in [0.29, 0.717) is 6.54 Å². The van der Waals surface area contributed by atoms with Crippen LogP contribution in [0.1, 0.15) is 17.0 Å². The van der Waals surface area contributed by atoms with Gasteiger partial charge in [-0.1, -0.05) is 23.8 Å². The molecule has 0 amide bonds. The van der Waals surface area contributed by atoms with Crippen LogP contribution < -0.4 is 5.73 Å². The van der Waals surface area contributed by atoms with Gasteiger partial charge < -0.3 is 5.73 Å². The Morgan fingerprint density at radius 3 is 2.89 bits per heavy atom. The average molecular weight is 257 g/mol. The molecule has 0 spiro atoms. The fourth-order valence-electron chi connectivity index (χ4n) is 2.31.